The Morgan fingerprint density at radius 1 is 1.53 bits per heavy atom. The van der Waals surface area contributed by atoms with Crippen LogP contribution in [0.25, 0.3) is 0 Å². The summed E-state index contributed by atoms with van der Waals surface area (Å²) in [6, 6.07) is 0.422. The quantitative estimate of drug-likeness (QED) is 0.620. The first-order valence-corrected chi connectivity index (χ1v) is 5.34. The maximum atomic E-state index is 11.1. The molecule has 0 aromatic heterocycles. The van der Waals surface area contributed by atoms with Gasteiger partial charge < -0.3 is 16.4 Å². The average Bonchev–Trinajstić information content (AvgIpc) is 2.09. The van der Waals surface area contributed by atoms with Crippen molar-refractivity contribution in [3.63, 3.8) is 0 Å². The van der Waals surface area contributed by atoms with Crippen LogP contribution in [0.5, 0.6) is 0 Å². The summed E-state index contributed by atoms with van der Waals surface area (Å²) < 4.78 is 0. The molecule has 1 amide bonds. The molecule has 0 bridgehead atoms. The molecule has 2 atom stereocenters. The summed E-state index contributed by atoms with van der Waals surface area (Å²) in [5.74, 6) is -0.436. The van der Waals surface area contributed by atoms with Gasteiger partial charge in [0.2, 0.25) is 5.91 Å². The highest BCUT2D eigenvalue weighted by Crippen LogP contribution is 2.11. The number of primary amides is 1. The van der Waals surface area contributed by atoms with E-state index in [1.807, 2.05) is 0 Å². The molecular formula is C10H22N4O. The molecule has 0 saturated carbocycles. The van der Waals surface area contributed by atoms with Crippen molar-refractivity contribution < 1.29 is 4.79 Å². The second-order valence-electron chi connectivity index (χ2n) is 4.86. The Labute approximate surface area is 91.4 Å². The van der Waals surface area contributed by atoms with E-state index >= 15 is 0 Å². The number of rotatable bonds is 3. The van der Waals surface area contributed by atoms with E-state index in [4.69, 9.17) is 11.5 Å². The van der Waals surface area contributed by atoms with Crippen molar-refractivity contribution >= 4 is 5.91 Å². The fourth-order valence-corrected chi connectivity index (χ4v) is 1.91. The fourth-order valence-electron chi connectivity index (χ4n) is 1.91. The minimum absolute atomic E-state index is 0.422. The minimum Gasteiger partial charge on any atom is -0.368 e. The van der Waals surface area contributed by atoms with Gasteiger partial charge in [-0.2, -0.15) is 0 Å². The number of nitrogens with zero attached hydrogens (tertiary/aromatic N) is 2. The van der Waals surface area contributed by atoms with Crippen LogP contribution in [0, 0.1) is 0 Å². The van der Waals surface area contributed by atoms with Gasteiger partial charge >= 0.3 is 0 Å². The number of nitrogens with two attached hydrogens (primary N) is 2. The monoisotopic (exact) mass is 214 g/mol. The summed E-state index contributed by atoms with van der Waals surface area (Å²) in [6.45, 7) is 7.34. The third-order valence-corrected chi connectivity index (χ3v) is 3.06. The molecule has 1 heterocycles. The molecule has 0 aromatic rings. The third kappa shape index (κ3) is 3.15. The summed E-state index contributed by atoms with van der Waals surface area (Å²) in [5.41, 5.74) is 10.2. The van der Waals surface area contributed by atoms with Gasteiger partial charge in [-0.1, -0.05) is 0 Å². The van der Waals surface area contributed by atoms with Crippen LogP contribution in [-0.2, 0) is 4.79 Å². The van der Waals surface area contributed by atoms with Crippen molar-refractivity contribution in [1.29, 1.82) is 0 Å². The number of likely N-dealkylation sites (N-methyl/N-ethyl adjacent to an activating group) is 1. The third-order valence-electron chi connectivity index (χ3n) is 3.06. The lowest BCUT2D eigenvalue weighted by atomic mass is 10.0. The zero-order valence-corrected chi connectivity index (χ0v) is 9.86. The molecule has 1 fully saturated rings. The molecule has 5 heteroatoms. The highest BCUT2D eigenvalue weighted by molar-refractivity contribution is 5.84. The molecule has 5 nitrogen and oxygen atoms in total. The van der Waals surface area contributed by atoms with Crippen molar-refractivity contribution in [1.82, 2.24) is 9.80 Å². The lowest BCUT2D eigenvalue weighted by Gasteiger charge is -2.41. The van der Waals surface area contributed by atoms with Crippen molar-refractivity contribution in [2.24, 2.45) is 11.5 Å². The summed E-state index contributed by atoms with van der Waals surface area (Å²) in [7, 11) is 2.10. The smallest absolute Gasteiger partial charge is 0.238 e. The van der Waals surface area contributed by atoms with Gasteiger partial charge in [-0.3, -0.25) is 9.69 Å². The van der Waals surface area contributed by atoms with Crippen LogP contribution in [0.3, 0.4) is 0 Å². The van der Waals surface area contributed by atoms with Gasteiger partial charge in [0.15, 0.2) is 0 Å². The fraction of sp³-hybridized carbons (Fsp3) is 0.900. The molecule has 4 N–H and O–H groups in total. The maximum Gasteiger partial charge on any atom is 0.238 e. The zero-order chi connectivity index (χ0) is 11.6. The van der Waals surface area contributed by atoms with Gasteiger partial charge in [0.25, 0.3) is 0 Å². The van der Waals surface area contributed by atoms with Crippen molar-refractivity contribution in [2.45, 2.75) is 25.4 Å². The summed E-state index contributed by atoms with van der Waals surface area (Å²) in [5, 5.41) is 0. The van der Waals surface area contributed by atoms with E-state index in [1.54, 1.807) is 6.92 Å². The summed E-state index contributed by atoms with van der Waals surface area (Å²) in [6.07, 6.45) is 0. The highest BCUT2D eigenvalue weighted by Gasteiger charge is 2.32. The van der Waals surface area contributed by atoms with E-state index in [9.17, 15) is 4.79 Å². The summed E-state index contributed by atoms with van der Waals surface area (Å²) in [4.78, 5) is 15.6. The minimum atomic E-state index is -0.926. The van der Waals surface area contributed by atoms with Gasteiger partial charge in [-0.05, 0) is 20.9 Å². The molecule has 1 aliphatic rings. The first-order valence-electron chi connectivity index (χ1n) is 5.34. The Morgan fingerprint density at radius 2 is 2.13 bits per heavy atom. The van der Waals surface area contributed by atoms with Crippen molar-refractivity contribution in [2.75, 3.05) is 33.2 Å². The first-order chi connectivity index (χ1) is 6.83. The Kier molecular flexibility index (Phi) is 3.70. The molecule has 0 radical (unpaired) electrons. The second-order valence-corrected chi connectivity index (χ2v) is 4.86. The van der Waals surface area contributed by atoms with Gasteiger partial charge in [-0.25, -0.2) is 0 Å². The molecule has 0 aromatic carbocycles. The van der Waals surface area contributed by atoms with Crippen LogP contribution >= 0.6 is 0 Å². The van der Waals surface area contributed by atoms with Crippen LogP contribution in [-0.4, -0.2) is 60.5 Å². The van der Waals surface area contributed by atoms with E-state index in [0.29, 0.717) is 12.6 Å². The van der Waals surface area contributed by atoms with Crippen LogP contribution in [0.1, 0.15) is 13.8 Å². The molecule has 0 spiro atoms. The highest BCUT2D eigenvalue weighted by atomic mass is 16.1. The SMILES string of the molecule is CC1CN(C)CCN1CC(C)(N)C(N)=O. The van der Waals surface area contributed by atoms with Crippen molar-refractivity contribution in [3.8, 4) is 0 Å². The van der Waals surface area contributed by atoms with Gasteiger partial charge in [-0.15, -0.1) is 0 Å². The Morgan fingerprint density at radius 3 is 2.60 bits per heavy atom. The lowest BCUT2D eigenvalue weighted by molar-refractivity contribution is -0.123. The summed E-state index contributed by atoms with van der Waals surface area (Å²) >= 11 is 0. The number of hydrogen-bond acceptors (Lipinski definition) is 4. The standard InChI is InChI=1S/C10H22N4O/c1-8-6-13(3)4-5-14(8)7-10(2,12)9(11)15/h8H,4-7,12H2,1-3H3,(H2,11,15). The molecule has 0 aliphatic carbocycles. The molecule has 15 heavy (non-hydrogen) atoms. The Hall–Kier alpha value is -0.650. The predicted octanol–water partition coefficient (Wildman–Crippen LogP) is -1.17. The molecule has 1 saturated heterocycles. The van der Waals surface area contributed by atoms with Gasteiger partial charge in [0.05, 0.1) is 0 Å². The van der Waals surface area contributed by atoms with E-state index in [0.717, 1.165) is 19.6 Å². The van der Waals surface area contributed by atoms with Gasteiger partial charge in [0.1, 0.15) is 5.54 Å². The Bertz CT molecular complexity index is 242. The van der Waals surface area contributed by atoms with E-state index in [2.05, 4.69) is 23.8 Å². The lowest BCUT2D eigenvalue weighted by Crippen LogP contribution is -2.61. The largest absolute Gasteiger partial charge is 0.368 e. The van der Waals surface area contributed by atoms with Crippen molar-refractivity contribution in [3.05, 3.63) is 0 Å². The molecule has 1 rings (SSSR count). The average molecular weight is 214 g/mol. The van der Waals surface area contributed by atoms with Crippen LogP contribution in [0.2, 0.25) is 0 Å². The van der Waals surface area contributed by atoms with Crippen LogP contribution < -0.4 is 11.5 Å². The van der Waals surface area contributed by atoms with Gasteiger partial charge in [0, 0.05) is 32.2 Å². The number of amides is 1. The zero-order valence-electron chi connectivity index (χ0n) is 9.86. The predicted molar refractivity (Wildman–Crippen MR) is 60.3 cm³/mol. The molecular weight excluding hydrogens is 192 g/mol. The van der Waals surface area contributed by atoms with Crippen LogP contribution in [0.4, 0.5) is 0 Å². The number of piperazine rings is 1. The molecule has 1 aliphatic heterocycles. The normalized spacial score (nSPS) is 28.7. The molecule has 88 valence electrons. The number of carbonyl (C=O) groups is 1. The van der Waals surface area contributed by atoms with Crippen LogP contribution in [0.15, 0.2) is 0 Å². The maximum absolute atomic E-state index is 11.1. The Balaban J connectivity index is 2.55. The van der Waals surface area contributed by atoms with E-state index in [1.165, 1.54) is 0 Å². The molecule has 2 unspecified atom stereocenters. The second kappa shape index (κ2) is 4.47. The number of hydrogen-bond donors (Lipinski definition) is 2. The first kappa shape index (κ1) is 12.4. The number of carbonyl (C=O) groups excluding carboxylic acids is 1. The van der Waals surface area contributed by atoms with E-state index in [-0.39, 0.29) is 0 Å². The topological polar surface area (TPSA) is 75.6 Å². The van der Waals surface area contributed by atoms with E-state index < -0.39 is 11.4 Å².